The molecule has 0 saturated heterocycles. The Hall–Kier alpha value is 0.430. The minimum atomic E-state index is -0.895. The summed E-state index contributed by atoms with van der Waals surface area (Å²) in [6, 6.07) is -0.685. The number of carboxylic acid groups (broad SMARTS) is 1. The van der Waals surface area contributed by atoms with Gasteiger partial charge in [0.05, 0.1) is 0 Å². The number of aliphatic carboxylic acids is 1. The molecule has 0 rings (SSSR count). The van der Waals surface area contributed by atoms with Gasteiger partial charge in [-0.2, -0.15) is 0 Å². The van der Waals surface area contributed by atoms with Crippen LogP contribution in [0.1, 0.15) is 28.1 Å². The quantitative estimate of drug-likeness (QED) is 0.476. The molecule has 0 heterocycles. The molecule has 0 amide bonds. The Kier molecular flexibility index (Phi) is 9.02. The van der Waals surface area contributed by atoms with Crippen LogP contribution in [0.4, 0.5) is 0 Å². The molecule has 0 aliphatic rings. The third-order valence-corrected chi connectivity index (χ3v) is 1.84. The molecule has 11 heavy (non-hydrogen) atoms. The molecule has 0 bridgehead atoms. The van der Waals surface area contributed by atoms with Crippen LogP contribution in [0.15, 0.2) is 0 Å². The van der Waals surface area contributed by atoms with E-state index in [1.165, 1.54) is 0 Å². The van der Waals surface area contributed by atoms with E-state index in [1.807, 2.05) is 13.8 Å². The van der Waals surface area contributed by atoms with Gasteiger partial charge in [-0.15, -0.1) is 0 Å². The summed E-state index contributed by atoms with van der Waals surface area (Å²) in [5.74, 6) is -0.772. The Bertz CT molecular complexity index is 120. The second kappa shape index (κ2) is 7.10. The van der Waals surface area contributed by atoms with E-state index in [1.54, 1.807) is 0 Å². The summed E-state index contributed by atoms with van der Waals surface area (Å²) in [6.07, 6.45) is 1.67. The smallest absolute Gasteiger partial charge is 1.00 e. The van der Waals surface area contributed by atoms with Gasteiger partial charge in [0.2, 0.25) is 0 Å². The third-order valence-electron chi connectivity index (χ3n) is 1.84. The molecule has 1 atom stereocenters. The Balaban J connectivity index is -0.000000405. The van der Waals surface area contributed by atoms with Crippen molar-refractivity contribution >= 4 is 5.97 Å². The predicted octanol–water partition coefficient (Wildman–Crippen LogP) is -2.05. The summed E-state index contributed by atoms with van der Waals surface area (Å²) in [5.41, 5.74) is 5.38. The van der Waals surface area contributed by atoms with E-state index in [-0.39, 0.29) is 36.9 Å². The van der Waals surface area contributed by atoms with Crippen LogP contribution in [-0.4, -0.2) is 17.1 Å². The van der Waals surface area contributed by atoms with E-state index in [2.05, 4.69) is 0 Å². The number of carboxylic acids is 1. The third kappa shape index (κ3) is 4.80. The molecule has 0 radical (unpaired) electrons. The minimum Gasteiger partial charge on any atom is -1.00 e. The van der Waals surface area contributed by atoms with E-state index in [4.69, 9.17) is 10.8 Å². The molecule has 0 aliphatic carbocycles. The van der Waals surface area contributed by atoms with Crippen LogP contribution in [0.2, 0.25) is 0 Å². The molecule has 1 unspecified atom stereocenters. The Morgan fingerprint density at radius 3 is 2.00 bits per heavy atom. The summed E-state index contributed by atoms with van der Waals surface area (Å²) < 4.78 is 0. The molecular weight excluding hydrogens is 153 g/mol. The largest absolute Gasteiger partial charge is 1.00 e. The van der Waals surface area contributed by atoms with Crippen molar-refractivity contribution in [2.75, 3.05) is 0 Å². The molecule has 0 spiro atoms. The molecular formula is C7H16NNaO2. The fraction of sp³-hybridized carbons (Fsp3) is 0.857. The zero-order valence-electron chi connectivity index (χ0n) is 8.50. The Labute approximate surface area is 91.1 Å². The van der Waals surface area contributed by atoms with E-state index < -0.39 is 12.0 Å². The van der Waals surface area contributed by atoms with Crippen LogP contribution in [-0.2, 0) is 4.79 Å². The maximum atomic E-state index is 10.3. The summed E-state index contributed by atoms with van der Waals surface area (Å²) in [4.78, 5) is 10.3. The molecule has 0 saturated carbocycles. The second-order valence-corrected chi connectivity index (χ2v) is 2.44. The van der Waals surface area contributed by atoms with Crippen LogP contribution in [0, 0.1) is 5.92 Å². The minimum absolute atomic E-state index is 0. The van der Waals surface area contributed by atoms with Gasteiger partial charge in [0.1, 0.15) is 6.04 Å². The summed E-state index contributed by atoms with van der Waals surface area (Å²) in [6.45, 7) is 3.91. The molecule has 0 aromatic rings. The maximum Gasteiger partial charge on any atom is 1.00 e. The van der Waals surface area contributed by atoms with Crippen LogP contribution in [0.3, 0.4) is 0 Å². The standard InChI is InChI=1S/C7H15NO2.Na.H/c1-3-5(4-2)6(8)7(9)10;;/h5-6H,3-4,8H2,1-2H3,(H,9,10);;/q;+1;-1. The van der Waals surface area contributed by atoms with Crippen molar-refractivity contribution in [1.82, 2.24) is 0 Å². The van der Waals surface area contributed by atoms with Gasteiger partial charge in [-0.1, -0.05) is 26.7 Å². The molecule has 4 heteroatoms. The first-order valence-corrected chi connectivity index (χ1v) is 3.61. The average molecular weight is 169 g/mol. The molecule has 0 aliphatic heterocycles. The van der Waals surface area contributed by atoms with E-state index in [0.29, 0.717) is 0 Å². The van der Waals surface area contributed by atoms with E-state index in [9.17, 15) is 4.79 Å². The number of carbonyl (C=O) groups is 1. The van der Waals surface area contributed by atoms with Gasteiger partial charge in [0.25, 0.3) is 0 Å². The average Bonchev–Trinajstić information content (AvgIpc) is 1.90. The van der Waals surface area contributed by atoms with Gasteiger partial charge >= 0.3 is 35.5 Å². The molecule has 0 aromatic heterocycles. The van der Waals surface area contributed by atoms with Crippen molar-refractivity contribution in [2.24, 2.45) is 11.7 Å². The maximum absolute atomic E-state index is 10.3. The molecule has 0 aromatic carbocycles. The normalized spacial score (nSPS) is 12.4. The summed E-state index contributed by atoms with van der Waals surface area (Å²) >= 11 is 0. The molecule has 3 nitrogen and oxygen atoms in total. The monoisotopic (exact) mass is 169 g/mol. The van der Waals surface area contributed by atoms with Gasteiger partial charge in [0, 0.05) is 0 Å². The first-order chi connectivity index (χ1) is 4.63. The zero-order chi connectivity index (χ0) is 8.15. The van der Waals surface area contributed by atoms with Gasteiger partial charge in [-0.05, 0) is 5.92 Å². The SMILES string of the molecule is CCC(CC)C(N)C(=O)O.[H-].[Na+]. The number of hydrogen-bond donors (Lipinski definition) is 2. The van der Waals surface area contributed by atoms with Crippen molar-refractivity contribution in [3.8, 4) is 0 Å². The fourth-order valence-corrected chi connectivity index (χ4v) is 0.998. The van der Waals surface area contributed by atoms with Crippen LogP contribution in [0.25, 0.3) is 0 Å². The Morgan fingerprint density at radius 2 is 1.91 bits per heavy atom. The fourth-order valence-electron chi connectivity index (χ4n) is 0.998. The number of nitrogens with two attached hydrogens (primary N) is 1. The number of hydrogen-bond acceptors (Lipinski definition) is 2. The first-order valence-electron chi connectivity index (χ1n) is 3.61. The second-order valence-electron chi connectivity index (χ2n) is 2.44. The van der Waals surface area contributed by atoms with Crippen molar-refractivity contribution in [1.29, 1.82) is 0 Å². The van der Waals surface area contributed by atoms with Crippen LogP contribution < -0.4 is 35.3 Å². The van der Waals surface area contributed by atoms with Gasteiger partial charge < -0.3 is 12.3 Å². The topological polar surface area (TPSA) is 63.3 Å². The molecule has 3 N–H and O–H groups in total. The van der Waals surface area contributed by atoms with E-state index in [0.717, 1.165) is 12.8 Å². The molecule has 62 valence electrons. The van der Waals surface area contributed by atoms with Gasteiger partial charge in [-0.25, -0.2) is 0 Å². The van der Waals surface area contributed by atoms with Crippen molar-refractivity contribution in [3.05, 3.63) is 0 Å². The number of rotatable bonds is 4. The van der Waals surface area contributed by atoms with Crippen molar-refractivity contribution in [3.63, 3.8) is 0 Å². The van der Waals surface area contributed by atoms with Crippen LogP contribution >= 0.6 is 0 Å². The zero-order valence-corrected chi connectivity index (χ0v) is 9.50. The van der Waals surface area contributed by atoms with Gasteiger partial charge in [0.15, 0.2) is 0 Å². The molecule has 0 fully saturated rings. The summed E-state index contributed by atoms with van der Waals surface area (Å²) in [7, 11) is 0. The van der Waals surface area contributed by atoms with E-state index >= 15 is 0 Å². The summed E-state index contributed by atoms with van der Waals surface area (Å²) in [5, 5.41) is 8.49. The predicted molar refractivity (Wildman–Crippen MR) is 40.8 cm³/mol. The first kappa shape index (κ1) is 14.0. The van der Waals surface area contributed by atoms with Gasteiger partial charge in [-0.3, -0.25) is 4.79 Å². The van der Waals surface area contributed by atoms with Crippen molar-refractivity contribution in [2.45, 2.75) is 32.7 Å². The Morgan fingerprint density at radius 1 is 1.55 bits per heavy atom. The van der Waals surface area contributed by atoms with Crippen molar-refractivity contribution < 1.29 is 40.9 Å². The van der Waals surface area contributed by atoms with Crippen LogP contribution in [0.5, 0.6) is 0 Å².